The van der Waals surface area contributed by atoms with Gasteiger partial charge < -0.3 is 8.85 Å². The molecule has 0 aliphatic carbocycles. The second-order valence-corrected chi connectivity index (χ2v) is 21.4. The first kappa shape index (κ1) is 32.3. The van der Waals surface area contributed by atoms with Crippen LogP contribution in [-0.4, -0.2) is 29.8 Å². The minimum absolute atomic E-state index is 0.0739. The van der Waals surface area contributed by atoms with Gasteiger partial charge in [0.25, 0.3) is 16.6 Å². The van der Waals surface area contributed by atoms with Gasteiger partial charge in [-0.25, -0.2) is 0 Å². The maximum absolute atomic E-state index is 6.87. The molecule has 0 N–H and O–H groups in total. The molecule has 2 nitrogen and oxygen atoms in total. The molecule has 0 aromatic heterocycles. The molecule has 0 spiro atoms. The third kappa shape index (κ3) is 7.12. The van der Waals surface area contributed by atoms with Gasteiger partial charge in [-0.15, -0.1) is 0 Å². The fraction of sp³-hybridized carbons (Fsp3) is 0.282. The normalized spacial score (nSPS) is 12.0. The van der Waals surface area contributed by atoms with Crippen LogP contribution in [0, 0.1) is 23.7 Å². The molecule has 0 atom stereocenters. The second kappa shape index (κ2) is 14.2. The summed E-state index contributed by atoms with van der Waals surface area (Å²) >= 11 is 0. The monoisotopic (exact) mass is 600 g/mol. The Kier molecular flexibility index (Phi) is 10.7. The number of rotatable bonds is 8. The Labute approximate surface area is 261 Å². The molecule has 0 aliphatic rings. The molecule has 0 unspecified atom stereocenters. The predicted molar refractivity (Wildman–Crippen MR) is 187 cm³/mol. The fourth-order valence-electron chi connectivity index (χ4n) is 6.08. The van der Waals surface area contributed by atoms with Gasteiger partial charge in [-0.05, 0) is 30.8 Å². The van der Waals surface area contributed by atoms with Crippen LogP contribution in [0.2, 0.25) is 10.1 Å². The molecule has 0 heterocycles. The average Bonchev–Trinajstić information content (AvgIpc) is 3.01. The maximum Gasteiger partial charge on any atom is 0.262 e. The van der Waals surface area contributed by atoms with Crippen molar-refractivity contribution < 1.29 is 8.85 Å². The number of hydrogen-bond donors (Lipinski definition) is 0. The summed E-state index contributed by atoms with van der Waals surface area (Å²) in [7, 11) is -5.18. The van der Waals surface area contributed by atoms with E-state index in [4.69, 9.17) is 8.85 Å². The molecular weight excluding hydrogens is 557 g/mol. The summed E-state index contributed by atoms with van der Waals surface area (Å²) in [4.78, 5) is 0. The van der Waals surface area contributed by atoms with E-state index in [2.05, 4.69) is 187 Å². The van der Waals surface area contributed by atoms with Crippen molar-refractivity contribution in [2.24, 2.45) is 0 Å². The summed E-state index contributed by atoms with van der Waals surface area (Å²) in [6.45, 7) is 14.4. The molecular formula is C39H44O2Si2. The van der Waals surface area contributed by atoms with E-state index in [0.29, 0.717) is 19.6 Å². The van der Waals surface area contributed by atoms with Gasteiger partial charge in [-0.1, -0.05) is 187 Å². The lowest BCUT2D eigenvalue weighted by molar-refractivity contribution is 0.346. The van der Waals surface area contributed by atoms with Crippen LogP contribution in [0.4, 0.5) is 0 Å². The molecule has 4 rings (SSSR count). The smallest absolute Gasteiger partial charge is 0.262 e. The van der Waals surface area contributed by atoms with E-state index in [1.54, 1.807) is 0 Å². The van der Waals surface area contributed by atoms with Crippen LogP contribution >= 0.6 is 0 Å². The zero-order chi connectivity index (χ0) is 30.8. The summed E-state index contributed by atoms with van der Waals surface area (Å²) in [6, 6.07) is 42.7. The molecule has 0 radical (unpaired) electrons. The van der Waals surface area contributed by atoms with Gasteiger partial charge in [-0.3, -0.25) is 0 Å². The first-order valence-electron chi connectivity index (χ1n) is 15.0. The molecule has 43 heavy (non-hydrogen) atoms. The van der Waals surface area contributed by atoms with Crippen molar-refractivity contribution in [1.82, 2.24) is 0 Å². The van der Waals surface area contributed by atoms with Crippen LogP contribution in [0.25, 0.3) is 0 Å². The summed E-state index contributed by atoms with van der Waals surface area (Å²) in [6.07, 6.45) is 0.480. The SMILES string of the molecule is CC(C)(C)[Si](OCC#CCC#CCO[Si](c1ccccc1)(c1ccccc1)C(C)(C)C)(c1ccccc1)c1ccccc1. The summed E-state index contributed by atoms with van der Waals surface area (Å²) in [5, 5.41) is 4.89. The standard InChI is InChI=1S/C39H44O2Si2/c1-38(2,3)42(34-24-14-10-15-25-34,35-26-16-11-17-27-35)40-32-22-8-7-9-23-33-41-43(39(4,5)6,36-28-18-12-19-29-36)37-30-20-13-21-31-37/h10-21,24-31H,7,32-33H2,1-6H3. The van der Waals surface area contributed by atoms with Crippen molar-refractivity contribution in [3.63, 3.8) is 0 Å². The van der Waals surface area contributed by atoms with E-state index in [9.17, 15) is 0 Å². The van der Waals surface area contributed by atoms with E-state index < -0.39 is 16.6 Å². The van der Waals surface area contributed by atoms with E-state index in [1.807, 2.05) is 0 Å². The van der Waals surface area contributed by atoms with Gasteiger partial charge in [0, 0.05) is 0 Å². The molecule has 0 bridgehead atoms. The van der Waals surface area contributed by atoms with Gasteiger partial charge in [-0.2, -0.15) is 0 Å². The molecule has 4 heteroatoms. The Morgan fingerprint density at radius 2 is 0.674 bits per heavy atom. The Hall–Kier alpha value is -3.65. The van der Waals surface area contributed by atoms with Crippen molar-refractivity contribution in [2.45, 2.75) is 58.0 Å². The fourth-order valence-corrected chi connectivity index (χ4v) is 15.0. The minimum atomic E-state index is -2.59. The van der Waals surface area contributed by atoms with Gasteiger partial charge >= 0.3 is 0 Å². The van der Waals surface area contributed by atoms with Crippen LogP contribution < -0.4 is 20.7 Å². The van der Waals surface area contributed by atoms with E-state index in [0.717, 1.165) is 0 Å². The highest BCUT2D eigenvalue weighted by atomic mass is 28.4. The van der Waals surface area contributed by atoms with Gasteiger partial charge in [0.15, 0.2) is 0 Å². The summed E-state index contributed by atoms with van der Waals surface area (Å²) < 4.78 is 13.7. The first-order valence-corrected chi connectivity index (χ1v) is 18.9. The van der Waals surface area contributed by atoms with E-state index in [-0.39, 0.29) is 10.1 Å². The summed E-state index contributed by atoms with van der Waals surface area (Å²) in [5.74, 6) is 13.0. The molecule has 220 valence electrons. The maximum atomic E-state index is 6.87. The predicted octanol–water partition coefficient (Wildman–Crippen LogP) is 6.54. The largest absolute Gasteiger partial charge is 0.396 e. The molecule has 0 amide bonds. The molecule has 0 aliphatic heterocycles. The lowest BCUT2D eigenvalue weighted by Crippen LogP contribution is -2.66. The van der Waals surface area contributed by atoms with Crippen molar-refractivity contribution in [3.8, 4) is 23.7 Å². The highest BCUT2D eigenvalue weighted by Crippen LogP contribution is 2.37. The lowest BCUT2D eigenvalue weighted by Gasteiger charge is -2.42. The Morgan fingerprint density at radius 1 is 0.419 bits per heavy atom. The molecule has 0 saturated carbocycles. The number of benzene rings is 4. The molecule has 0 fully saturated rings. The van der Waals surface area contributed by atoms with E-state index in [1.165, 1.54) is 20.7 Å². The van der Waals surface area contributed by atoms with Crippen molar-refractivity contribution in [3.05, 3.63) is 121 Å². The Bertz CT molecular complexity index is 1350. The van der Waals surface area contributed by atoms with Crippen molar-refractivity contribution >= 4 is 37.4 Å². The zero-order valence-electron chi connectivity index (χ0n) is 26.5. The van der Waals surface area contributed by atoms with Crippen LogP contribution in [0.15, 0.2) is 121 Å². The van der Waals surface area contributed by atoms with Crippen LogP contribution in [0.5, 0.6) is 0 Å². The number of hydrogen-bond acceptors (Lipinski definition) is 2. The lowest BCUT2D eigenvalue weighted by atomic mass is 10.2. The highest BCUT2D eigenvalue weighted by Gasteiger charge is 2.51. The molecule has 4 aromatic rings. The summed E-state index contributed by atoms with van der Waals surface area (Å²) in [5.41, 5.74) is 0. The topological polar surface area (TPSA) is 18.5 Å². The minimum Gasteiger partial charge on any atom is -0.396 e. The van der Waals surface area contributed by atoms with Crippen LogP contribution in [-0.2, 0) is 8.85 Å². The zero-order valence-corrected chi connectivity index (χ0v) is 28.5. The molecule has 4 aromatic carbocycles. The highest BCUT2D eigenvalue weighted by molar-refractivity contribution is 7.00. The van der Waals surface area contributed by atoms with Crippen LogP contribution in [0.1, 0.15) is 48.0 Å². The second-order valence-electron chi connectivity index (χ2n) is 12.8. The van der Waals surface area contributed by atoms with Crippen LogP contribution in [0.3, 0.4) is 0 Å². The van der Waals surface area contributed by atoms with Gasteiger partial charge in [0.1, 0.15) is 0 Å². The first-order chi connectivity index (χ1) is 20.6. The van der Waals surface area contributed by atoms with E-state index >= 15 is 0 Å². The molecule has 0 saturated heterocycles. The van der Waals surface area contributed by atoms with Crippen molar-refractivity contribution in [2.75, 3.05) is 13.2 Å². The van der Waals surface area contributed by atoms with Gasteiger partial charge in [0.05, 0.1) is 19.6 Å². The Balaban J connectivity index is 1.49. The third-order valence-electron chi connectivity index (χ3n) is 7.98. The van der Waals surface area contributed by atoms with Gasteiger partial charge in [0.2, 0.25) is 0 Å². The average molecular weight is 601 g/mol. The Morgan fingerprint density at radius 3 is 0.907 bits per heavy atom. The van der Waals surface area contributed by atoms with Crippen molar-refractivity contribution in [1.29, 1.82) is 0 Å². The third-order valence-corrected chi connectivity index (χ3v) is 17.9. The quantitative estimate of drug-likeness (QED) is 0.169.